The van der Waals surface area contributed by atoms with Crippen molar-refractivity contribution in [3.05, 3.63) is 33.4 Å². The van der Waals surface area contributed by atoms with Gasteiger partial charge < -0.3 is 15.5 Å². The van der Waals surface area contributed by atoms with Crippen LogP contribution in [0.15, 0.2) is 24.3 Å². The highest BCUT2D eigenvalue weighted by Gasteiger charge is 2.20. The molecule has 0 unspecified atom stereocenters. The van der Waals surface area contributed by atoms with E-state index >= 15 is 0 Å². The molecule has 1 aromatic rings. The van der Waals surface area contributed by atoms with E-state index in [4.69, 9.17) is 10.2 Å². The van der Waals surface area contributed by atoms with Crippen molar-refractivity contribution in [2.24, 2.45) is 0 Å². The molecule has 1 aromatic carbocycles. The van der Waals surface area contributed by atoms with Gasteiger partial charge in [0.15, 0.2) is 6.04 Å². The first-order valence-electron chi connectivity index (χ1n) is 4.45. The average molecular weight is 335 g/mol. The molecule has 6 heteroatoms. The van der Waals surface area contributed by atoms with Gasteiger partial charge in [-0.2, -0.15) is 0 Å². The van der Waals surface area contributed by atoms with Gasteiger partial charge in [-0.1, -0.05) is 12.1 Å². The SMILES string of the molecule is O=C(N[C@H](CO)C(=O)O)c1ccccc1I. The van der Waals surface area contributed by atoms with E-state index in [0.29, 0.717) is 5.56 Å². The molecule has 0 aliphatic heterocycles. The van der Waals surface area contributed by atoms with E-state index in [1.54, 1.807) is 24.3 Å². The smallest absolute Gasteiger partial charge is 0.328 e. The first-order chi connectivity index (χ1) is 7.56. The van der Waals surface area contributed by atoms with E-state index < -0.39 is 24.5 Å². The first kappa shape index (κ1) is 12.9. The third kappa shape index (κ3) is 3.17. The maximum Gasteiger partial charge on any atom is 0.328 e. The van der Waals surface area contributed by atoms with Gasteiger partial charge in [-0.3, -0.25) is 4.79 Å². The van der Waals surface area contributed by atoms with Gasteiger partial charge in [0.1, 0.15) is 0 Å². The average Bonchev–Trinajstić information content (AvgIpc) is 2.25. The van der Waals surface area contributed by atoms with Crippen LogP contribution in [0.3, 0.4) is 0 Å². The van der Waals surface area contributed by atoms with Crippen LogP contribution in [-0.4, -0.2) is 34.7 Å². The monoisotopic (exact) mass is 335 g/mol. The molecule has 1 atom stereocenters. The Hall–Kier alpha value is -1.15. The molecule has 0 aromatic heterocycles. The van der Waals surface area contributed by atoms with Crippen LogP contribution < -0.4 is 5.32 Å². The van der Waals surface area contributed by atoms with Gasteiger partial charge in [0.25, 0.3) is 5.91 Å². The summed E-state index contributed by atoms with van der Waals surface area (Å²) in [5.41, 5.74) is 0.391. The maximum absolute atomic E-state index is 11.6. The minimum absolute atomic E-state index is 0.391. The number of carboxylic acid groups (broad SMARTS) is 1. The van der Waals surface area contributed by atoms with Crippen LogP contribution in [0.5, 0.6) is 0 Å². The summed E-state index contributed by atoms with van der Waals surface area (Å²) in [6.45, 7) is -0.634. The van der Waals surface area contributed by atoms with Crippen molar-refractivity contribution in [1.82, 2.24) is 5.32 Å². The number of nitrogens with one attached hydrogen (secondary N) is 1. The molecule has 0 saturated heterocycles. The van der Waals surface area contributed by atoms with Crippen molar-refractivity contribution in [3.8, 4) is 0 Å². The molecule has 1 rings (SSSR count). The molecule has 0 spiro atoms. The fraction of sp³-hybridized carbons (Fsp3) is 0.200. The summed E-state index contributed by atoms with van der Waals surface area (Å²) in [6, 6.07) is 5.52. The van der Waals surface area contributed by atoms with E-state index in [0.717, 1.165) is 3.57 Å². The molecular formula is C10H10INO4. The molecule has 0 aliphatic rings. The lowest BCUT2D eigenvalue weighted by atomic mass is 10.2. The third-order valence-electron chi connectivity index (χ3n) is 1.90. The lowest BCUT2D eigenvalue weighted by Gasteiger charge is -2.12. The highest BCUT2D eigenvalue weighted by Crippen LogP contribution is 2.11. The van der Waals surface area contributed by atoms with E-state index in [1.165, 1.54) is 0 Å². The third-order valence-corrected chi connectivity index (χ3v) is 2.85. The van der Waals surface area contributed by atoms with Gasteiger partial charge >= 0.3 is 5.97 Å². The Balaban J connectivity index is 2.80. The van der Waals surface area contributed by atoms with Crippen LogP contribution in [-0.2, 0) is 4.79 Å². The Bertz CT molecular complexity index is 408. The Morgan fingerprint density at radius 1 is 1.38 bits per heavy atom. The Kier molecular flexibility index (Phi) is 4.69. The van der Waals surface area contributed by atoms with Crippen LogP contribution in [0.2, 0.25) is 0 Å². The van der Waals surface area contributed by atoms with Crippen molar-refractivity contribution >= 4 is 34.5 Å². The summed E-state index contributed by atoms with van der Waals surface area (Å²) < 4.78 is 0.722. The summed E-state index contributed by atoms with van der Waals surface area (Å²) in [6.07, 6.45) is 0. The largest absolute Gasteiger partial charge is 0.480 e. The van der Waals surface area contributed by atoms with Gasteiger partial charge in [-0.15, -0.1) is 0 Å². The predicted octanol–water partition coefficient (Wildman–Crippen LogP) is 0.466. The zero-order chi connectivity index (χ0) is 12.1. The molecule has 0 radical (unpaired) electrons. The summed E-state index contributed by atoms with van der Waals surface area (Å²) in [7, 11) is 0. The molecule has 5 nitrogen and oxygen atoms in total. The van der Waals surface area contributed by atoms with Crippen LogP contribution in [0.25, 0.3) is 0 Å². The molecule has 0 aliphatic carbocycles. The molecule has 0 bridgehead atoms. The number of rotatable bonds is 4. The zero-order valence-corrected chi connectivity index (χ0v) is 10.3. The second-order valence-electron chi connectivity index (χ2n) is 3.03. The summed E-state index contributed by atoms with van der Waals surface area (Å²) in [5, 5.41) is 19.7. The van der Waals surface area contributed by atoms with Crippen molar-refractivity contribution < 1.29 is 19.8 Å². The van der Waals surface area contributed by atoms with Crippen LogP contribution in [0.1, 0.15) is 10.4 Å². The maximum atomic E-state index is 11.6. The number of halogens is 1. The van der Waals surface area contributed by atoms with Crippen LogP contribution in [0, 0.1) is 3.57 Å². The molecule has 1 amide bonds. The number of aliphatic hydroxyl groups excluding tert-OH is 1. The van der Waals surface area contributed by atoms with Crippen molar-refractivity contribution in [2.75, 3.05) is 6.61 Å². The summed E-state index contributed by atoms with van der Waals surface area (Å²) in [4.78, 5) is 22.3. The lowest BCUT2D eigenvalue weighted by molar-refractivity contribution is -0.140. The highest BCUT2D eigenvalue weighted by molar-refractivity contribution is 14.1. The molecule has 16 heavy (non-hydrogen) atoms. The number of amides is 1. The fourth-order valence-electron chi connectivity index (χ4n) is 1.07. The minimum Gasteiger partial charge on any atom is -0.480 e. The number of carbonyl (C=O) groups is 2. The molecule has 0 saturated carbocycles. The van der Waals surface area contributed by atoms with Crippen LogP contribution >= 0.6 is 22.6 Å². The van der Waals surface area contributed by atoms with E-state index in [1.807, 2.05) is 22.6 Å². The Morgan fingerprint density at radius 2 is 2.00 bits per heavy atom. The Morgan fingerprint density at radius 3 is 2.50 bits per heavy atom. The highest BCUT2D eigenvalue weighted by atomic mass is 127. The quantitative estimate of drug-likeness (QED) is 0.698. The van der Waals surface area contributed by atoms with Crippen molar-refractivity contribution in [2.45, 2.75) is 6.04 Å². The second-order valence-corrected chi connectivity index (χ2v) is 4.19. The Labute approximate surface area is 106 Å². The number of hydrogen-bond acceptors (Lipinski definition) is 3. The number of carboxylic acids is 1. The zero-order valence-electron chi connectivity index (χ0n) is 8.18. The minimum atomic E-state index is -1.27. The predicted molar refractivity (Wildman–Crippen MR) is 65.1 cm³/mol. The van der Waals surface area contributed by atoms with Crippen molar-refractivity contribution in [3.63, 3.8) is 0 Å². The lowest BCUT2D eigenvalue weighted by Crippen LogP contribution is -2.43. The fourth-order valence-corrected chi connectivity index (χ4v) is 1.70. The molecule has 0 fully saturated rings. The summed E-state index contributed by atoms with van der Waals surface area (Å²) in [5.74, 6) is -1.77. The summed E-state index contributed by atoms with van der Waals surface area (Å²) >= 11 is 1.98. The first-order valence-corrected chi connectivity index (χ1v) is 5.53. The number of hydrogen-bond donors (Lipinski definition) is 3. The molecule has 0 heterocycles. The molecule has 86 valence electrons. The van der Waals surface area contributed by atoms with Gasteiger partial charge in [-0.25, -0.2) is 4.79 Å². The number of benzene rings is 1. The molecular weight excluding hydrogens is 325 g/mol. The molecule has 3 N–H and O–H groups in total. The van der Waals surface area contributed by atoms with E-state index in [2.05, 4.69) is 5.32 Å². The number of aliphatic hydroxyl groups is 1. The topological polar surface area (TPSA) is 86.6 Å². The van der Waals surface area contributed by atoms with Gasteiger partial charge in [-0.05, 0) is 34.7 Å². The van der Waals surface area contributed by atoms with Gasteiger partial charge in [0.05, 0.1) is 12.2 Å². The van der Waals surface area contributed by atoms with E-state index in [9.17, 15) is 9.59 Å². The standard InChI is InChI=1S/C10H10INO4/c11-7-4-2-1-3-6(7)9(14)12-8(5-13)10(15)16/h1-4,8,13H,5H2,(H,12,14)(H,15,16)/t8-/m1/s1. The second kappa shape index (κ2) is 5.80. The normalized spacial score (nSPS) is 11.9. The number of aliphatic carboxylic acids is 1. The number of carbonyl (C=O) groups excluding carboxylic acids is 1. The van der Waals surface area contributed by atoms with Crippen molar-refractivity contribution in [1.29, 1.82) is 0 Å². The van der Waals surface area contributed by atoms with Gasteiger partial charge in [0, 0.05) is 3.57 Å². The van der Waals surface area contributed by atoms with Crippen LogP contribution in [0.4, 0.5) is 0 Å². The van der Waals surface area contributed by atoms with E-state index in [-0.39, 0.29) is 0 Å². The van der Waals surface area contributed by atoms with Gasteiger partial charge in [0.2, 0.25) is 0 Å².